The second kappa shape index (κ2) is 6.57. The van der Waals surface area contributed by atoms with Crippen molar-refractivity contribution in [2.75, 3.05) is 24.7 Å². The van der Waals surface area contributed by atoms with Gasteiger partial charge in [0.2, 0.25) is 17.7 Å². The van der Waals surface area contributed by atoms with Crippen molar-refractivity contribution < 1.29 is 18.7 Å². The molecule has 1 atom stereocenters. The fraction of sp³-hybridized carbons (Fsp3) is 0.267. The number of carbonyl (C=O) groups is 1. The van der Waals surface area contributed by atoms with Crippen LogP contribution in [0.25, 0.3) is 0 Å². The fourth-order valence-electron chi connectivity index (χ4n) is 2.23. The maximum Gasteiger partial charge on any atom is 0.242 e. The van der Waals surface area contributed by atoms with Crippen molar-refractivity contribution in [1.82, 2.24) is 9.97 Å². The van der Waals surface area contributed by atoms with Gasteiger partial charge in [-0.3, -0.25) is 4.79 Å². The number of nitrogens with two attached hydrogens (primary N) is 1. The van der Waals surface area contributed by atoms with Crippen molar-refractivity contribution in [2.24, 2.45) is 5.73 Å². The summed E-state index contributed by atoms with van der Waals surface area (Å²) in [5.41, 5.74) is 5.39. The first-order valence-corrected chi connectivity index (χ1v) is 7.03. The topological polar surface area (TPSA) is 90.6 Å². The van der Waals surface area contributed by atoms with Gasteiger partial charge in [-0.1, -0.05) is 0 Å². The van der Waals surface area contributed by atoms with Crippen LogP contribution in [0.2, 0.25) is 0 Å². The molecule has 0 radical (unpaired) electrons. The molecule has 2 heterocycles. The van der Waals surface area contributed by atoms with Gasteiger partial charge in [-0.05, 0) is 24.3 Å². The molecular weight excluding hydrogens is 303 g/mol. The van der Waals surface area contributed by atoms with Gasteiger partial charge in [0, 0.05) is 18.8 Å². The molecule has 1 aliphatic heterocycles. The third-order valence-electron chi connectivity index (χ3n) is 3.37. The number of rotatable bonds is 4. The van der Waals surface area contributed by atoms with E-state index in [0.29, 0.717) is 24.8 Å². The first-order valence-electron chi connectivity index (χ1n) is 7.03. The van der Waals surface area contributed by atoms with E-state index in [1.165, 1.54) is 30.5 Å². The monoisotopic (exact) mass is 318 g/mol. The van der Waals surface area contributed by atoms with Crippen LogP contribution >= 0.6 is 0 Å². The van der Waals surface area contributed by atoms with Gasteiger partial charge in [0.1, 0.15) is 17.6 Å². The zero-order valence-electron chi connectivity index (χ0n) is 12.2. The Hall–Kier alpha value is -2.74. The smallest absolute Gasteiger partial charge is 0.242 e. The second-order valence-corrected chi connectivity index (χ2v) is 4.94. The molecule has 7 nitrogen and oxygen atoms in total. The van der Waals surface area contributed by atoms with E-state index in [-0.39, 0.29) is 18.3 Å². The van der Waals surface area contributed by atoms with Gasteiger partial charge in [0.05, 0.1) is 13.2 Å². The van der Waals surface area contributed by atoms with E-state index in [1.54, 1.807) is 11.0 Å². The van der Waals surface area contributed by atoms with Gasteiger partial charge in [-0.2, -0.15) is 4.98 Å². The predicted octanol–water partition coefficient (Wildman–Crippen LogP) is 1.10. The van der Waals surface area contributed by atoms with Gasteiger partial charge in [-0.15, -0.1) is 0 Å². The van der Waals surface area contributed by atoms with Crippen LogP contribution in [0.4, 0.5) is 10.3 Å². The number of nitrogens with zero attached hydrogens (tertiary/aromatic N) is 3. The van der Waals surface area contributed by atoms with Crippen LogP contribution < -0.4 is 15.4 Å². The molecule has 2 aromatic rings. The van der Waals surface area contributed by atoms with Crippen LogP contribution in [0.5, 0.6) is 11.6 Å². The Balaban J connectivity index is 1.81. The number of anilines is 1. The number of aromatic nitrogens is 2. The number of amides is 1. The molecule has 1 saturated heterocycles. The summed E-state index contributed by atoms with van der Waals surface area (Å²) in [4.78, 5) is 21.7. The third kappa shape index (κ3) is 3.54. The SMILES string of the molecule is NC(=O)C1COCCN1c1nccc(Oc2ccc(F)cc2)n1. The Bertz CT molecular complexity index is 695. The average molecular weight is 318 g/mol. The Morgan fingerprint density at radius 1 is 1.35 bits per heavy atom. The lowest BCUT2D eigenvalue weighted by Crippen LogP contribution is -2.53. The number of primary amides is 1. The first-order chi connectivity index (χ1) is 11.1. The van der Waals surface area contributed by atoms with Crippen molar-refractivity contribution in [3.05, 3.63) is 42.3 Å². The molecule has 23 heavy (non-hydrogen) atoms. The summed E-state index contributed by atoms with van der Waals surface area (Å²) in [5, 5.41) is 0. The molecule has 0 saturated carbocycles. The molecular formula is C15H15FN4O3. The van der Waals surface area contributed by atoms with Crippen LogP contribution in [0.3, 0.4) is 0 Å². The van der Waals surface area contributed by atoms with E-state index in [1.807, 2.05) is 0 Å². The molecule has 0 aliphatic carbocycles. The Morgan fingerprint density at radius 3 is 2.87 bits per heavy atom. The van der Waals surface area contributed by atoms with E-state index in [2.05, 4.69) is 9.97 Å². The largest absolute Gasteiger partial charge is 0.439 e. The molecule has 1 aliphatic rings. The van der Waals surface area contributed by atoms with Crippen LogP contribution in [-0.2, 0) is 9.53 Å². The van der Waals surface area contributed by atoms with E-state index in [0.717, 1.165) is 0 Å². The fourth-order valence-corrected chi connectivity index (χ4v) is 2.23. The Morgan fingerprint density at radius 2 is 2.13 bits per heavy atom. The molecule has 1 aromatic carbocycles. The zero-order chi connectivity index (χ0) is 16.2. The number of benzene rings is 1. The standard InChI is InChI=1S/C15H15FN4O3/c16-10-1-3-11(4-2-10)23-13-5-6-18-15(19-13)20-7-8-22-9-12(20)14(17)21/h1-6,12H,7-9H2,(H2,17,21). The van der Waals surface area contributed by atoms with Gasteiger partial charge in [-0.25, -0.2) is 9.37 Å². The molecule has 1 fully saturated rings. The number of morpholine rings is 1. The lowest BCUT2D eigenvalue weighted by Gasteiger charge is -2.33. The zero-order valence-corrected chi connectivity index (χ0v) is 12.2. The minimum absolute atomic E-state index is 0.196. The molecule has 3 rings (SSSR count). The molecule has 1 aromatic heterocycles. The molecule has 0 bridgehead atoms. The lowest BCUT2D eigenvalue weighted by atomic mass is 10.2. The number of ether oxygens (including phenoxy) is 2. The minimum atomic E-state index is -0.621. The summed E-state index contributed by atoms with van der Waals surface area (Å²) in [6, 6.07) is 6.54. The highest BCUT2D eigenvalue weighted by atomic mass is 19.1. The first kappa shape index (κ1) is 15.2. The van der Waals surface area contributed by atoms with E-state index in [9.17, 15) is 9.18 Å². The molecule has 0 spiro atoms. The van der Waals surface area contributed by atoms with Crippen LogP contribution in [0.1, 0.15) is 0 Å². The molecule has 8 heteroatoms. The van der Waals surface area contributed by atoms with Crippen LogP contribution in [-0.4, -0.2) is 41.7 Å². The second-order valence-electron chi connectivity index (χ2n) is 4.94. The predicted molar refractivity (Wildman–Crippen MR) is 79.7 cm³/mol. The van der Waals surface area contributed by atoms with Crippen LogP contribution in [0.15, 0.2) is 36.5 Å². The highest BCUT2D eigenvalue weighted by Gasteiger charge is 2.29. The number of hydrogen-bond donors (Lipinski definition) is 1. The van der Waals surface area contributed by atoms with Crippen molar-refractivity contribution >= 4 is 11.9 Å². The minimum Gasteiger partial charge on any atom is -0.439 e. The Labute approximate surface area is 131 Å². The summed E-state index contributed by atoms with van der Waals surface area (Å²) in [6.45, 7) is 1.10. The van der Waals surface area contributed by atoms with Gasteiger partial charge in [0.25, 0.3) is 0 Å². The van der Waals surface area contributed by atoms with E-state index in [4.69, 9.17) is 15.2 Å². The van der Waals surface area contributed by atoms with Gasteiger partial charge in [0.15, 0.2) is 0 Å². The summed E-state index contributed by atoms with van der Waals surface area (Å²) in [7, 11) is 0. The lowest BCUT2D eigenvalue weighted by molar-refractivity contribution is -0.121. The number of halogens is 1. The summed E-state index contributed by atoms with van der Waals surface area (Å²) in [6.07, 6.45) is 1.52. The maximum atomic E-state index is 12.9. The number of hydrogen-bond acceptors (Lipinski definition) is 6. The van der Waals surface area contributed by atoms with Gasteiger partial charge >= 0.3 is 0 Å². The summed E-state index contributed by atoms with van der Waals surface area (Å²) >= 11 is 0. The van der Waals surface area contributed by atoms with E-state index >= 15 is 0 Å². The quantitative estimate of drug-likeness (QED) is 0.908. The average Bonchev–Trinajstić information content (AvgIpc) is 2.57. The summed E-state index contributed by atoms with van der Waals surface area (Å²) in [5.74, 6) is 0.217. The molecule has 120 valence electrons. The third-order valence-corrected chi connectivity index (χ3v) is 3.37. The van der Waals surface area contributed by atoms with Crippen molar-refractivity contribution in [2.45, 2.75) is 6.04 Å². The summed E-state index contributed by atoms with van der Waals surface area (Å²) < 4.78 is 23.7. The van der Waals surface area contributed by atoms with Gasteiger partial charge < -0.3 is 20.1 Å². The van der Waals surface area contributed by atoms with Crippen molar-refractivity contribution in [3.63, 3.8) is 0 Å². The molecule has 1 amide bonds. The van der Waals surface area contributed by atoms with E-state index < -0.39 is 11.9 Å². The van der Waals surface area contributed by atoms with Crippen molar-refractivity contribution in [3.8, 4) is 11.6 Å². The Kier molecular flexibility index (Phi) is 4.33. The van der Waals surface area contributed by atoms with Crippen LogP contribution in [0, 0.1) is 5.82 Å². The number of carbonyl (C=O) groups excluding carboxylic acids is 1. The molecule has 1 unspecified atom stereocenters. The molecule has 2 N–H and O–H groups in total. The van der Waals surface area contributed by atoms with Crippen molar-refractivity contribution in [1.29, 1.82) is 0 Å². The highest BCUT2D eigenvalue weighted by molar-refractivity contribution is 5.83. The normalized spacial score (nSPS) is 17.8. The highest BCUT2D eigenvalue weighted by Crippen LogP contribution is 2.22. The maximum absolute atomic E-state index is 12.9.